The second-order valence-electron chi connectivity index (χ2n) is 3.70. The molecule has 1 heterocycles. The molecule has 5 heteroatoms. The summed E-state index contributed by atoms with van der Waals surface area (Å²) in [6, 6.07) is 10.2. The fourth-order valence-corrected chi connectivity index (χ4v) is 1.34. The first-order chi connectivity index (χ1) is 7.81. The van der Waals surface area contributed by atoms with Gasteiger partial charge in [0.15, 0.2) is 0 Å². The summed E-state index contributed by atoms with van der Waals surface area (Å²) < 4.78 is 1.70. The molecule has 0 radical (unpaired) electrons. The molecule has 0 bridgehead atoms. The summed E-state index contributed by atoms with van der Waals surface area (Å²) in [5.41, 5.74) is 0.957. The SMILES string of the molecule is CCC(C)Nc1nnnn1-c1ccccc1. The molecule has 1 atom stereocenters. The van der Waals surface area contributed by atoms with Crippen LogP contribution in [0.5, 0.6) is 0 Å². The second-order valence-corrected chi connectivity index (χ2v) is 3.70. The lowest BCUT2D eigenvalue weighted by Crippen LogP contribution is -2.17. The highest BCUT2D eigenvalue weighted by Gasteiger charge is 2.09. The number of nitrogens with zero attached hydrogens (tertiary/aromatic N) is 4. The Hall–Kier alpha value is -1.91. The summed E-state index contributed by atoms with van der Waals surface area (Å²) in [7, 11) is 0. The van der Waals surface area contributed by atoms with Crippen molar-refractivity contribution < 1.29 is 0 Å². The van der Waals surface area contributed by atoms with E-state index in [1.807, 2.05) is 30.3 Å². The highest BCUT2D eigenvalue weighted by Crippen LogP contribution is 2.11. The average molecular weight is 217 g/mol. The molecule has 0 saturated carbocycles. The van der Waals surface area contributed by atoms with E-state index in [2.05, 4.69) is 34.7 Å². The maximum Gasteiger partial charge on any atom is 0.247 e. The van der Waals surface area contributed by atoms with Gasteiger partial charge in [0.1, 0.15) is 0 Å². The molecule has 2 rings (SSSR count). The van der Waals surface area contributed by atoms with Gasteiger partial charge in [0, 0.05) is 6.04 Å². The van der Waals surface area contributed by atoms with Crippen LogP contribution in [0.15, 0.2) is 30.3 Å². The van der Waals surface area contributed by atoms with Crippen LogP contribution in [0.25, 0.3) is 5.69 Å². The smallest absolute Gasteiger partial charge is 0.247 e. The van der Waals surface area contributed by atoms with Crippen LogP contribution in [-0.4, -0.2) is 26.2 Å². The summed E-state index contributed by atoms with van der Waals surface area (Å²) >= 11 is 0. The van der Waals surface area contributed by atoms with Gasteiger partial charge in [-0.25, -0.2) is 0 Å². The Bertz CT molecular complexity index is 437. The zero-order valence-corrected chi connectivity index (χ0v) is 9.46. The molecule has 0 aliphatic heterocycles. The Morgan fingerprint density at radius 1 is 1.31 bits per heavy atom. The highest BCUT2D eigenvalue weighted by molar-refractivity contribution is 5.38. The maximum absolute atomic E-state index is 3.97. The lowest BCUT2D eigenvalue weighted by molar-refractivity contribution is 0.738. The van der Waals surface area contributed by atoms with Crippen molar-refractivity contribution in [2.45, 2.75) is 26.3 Å². The van der Waals surface area contributed by atoms with Gasteiger partial charge in [-0.3, -0.25) is 0 Å². The van der Waals surface area contributed by atoms with E-state index in [1.165, 1.54) is 0 Å². The third kappa shape index (κ3) is 2.18. The van der Waals surface area contributed by atoms with Gasteiger partial charge in [0.2, 0.25) is 5.95 Å². The number of aromatic nitrogens is 4. The quantitative estimate of drug-likeness (QED) is 0.849. The lowest BCUT2D eigenvalue weighted by atomic mass is 10.3. The van der Waals surface area contributed by atoms with Crippen LogP contribution in [-0.2, 0) is 0 Å². The van der Waals surface area contributed by atoms with Crippen LogP contribution in [0.3, 0.4) is 0 Å². The number of hydrogen-bond acceptors (Lipinski definition) is 4. The molecular formula is C11H15N5. The third-order valence-corrected chi connectivity index (χ3v) is 2.46. The van der Waals surface area contributed by atoms with Crippen LogP contribution in [0.1, 0.15) is 20.3 Å². The summed E-state index contributed by atoms with van der Waals surface area (Å²) in [5.74, 6) is 0.681. The Morgan fingerprint density at radius 3 is 2.75 bits per heavy atom. The Morgan fingerprint density at radius 2 is 2.06 bits per heavy atom. The van der Waals surface area contributed by atoms with Crippen molar-refractivity contribution >= 4 is 5.95 Å². The van der Waals surface area contributed by atoms with Gasteiger partial charge in [-0.1, -0.05) is 30.2 Å². The van der Waals surface area contributed by atoms with Crippen LogP contribution < -0.4 is 5.32 Å². The summed E-state index contributed by atoms with van der Waals surface area (Å²) in [6.07, 6.45) is 1.03. The average Bonchev–Trinajstić information content (AvgIpc) is 2.78. The van der Waals surface area contributed by atoms with Gasteiger partial charge >= 0.3 is 0 Å². The molecule has 1 N–H and O–H groups in total. The molecule has 0 spiro atoms. The summed E-state index contributed by atoms with van der Waals surface area (Å²) in [6.45, 7) is 4.22. The van der Waals surface area contributed by atoms with E-state index in [-0.39, 0.29) is 0 Å². The zero-order chi connectivity index (χ0) is 11.4. The number of tetrazole rings is 1. The minimum absolute atomic E-state index is 0.355. The van der Waals surface area contributed by atoms with E-state index in [1.54, 1.807) is 4.68 Å². The van der Waals surface area contributed by atoms with Crippen molar-refractivity contribution in [2.24, 2.45) is 0 Å². The molecule has 0 amide bonds. The van der Waals surface area contributed by atoms with Crippen LogP contribution in [0.2, 0.25) is 0 Å². The zero-order valence-electron chi connectivity index (χ0n) is 9.46. The third-order valence-electron chi connectivity index (χ3n) is 2.46. The predicted octanol–water partition coefficient (Wildman–Crippen LogP) is 1.87. The van der Waals surface area contributed by atoms with Crippen molar-refractivity contribution in [1.29, 1.82) is 0 Å². The van der Waals surface area contributed by atoms with Gasteiger partial charge in [-0.2, -0.15) is 4.68 Å². The summed E-state index contributed by atoms with van der Waals surface area (Å²) in [4.78, 5) is 0. The van der Waals surface area contributed by atoms with Gasteiger partial charge in [0.25, 0.3) is 0 Å². The Kier molecular flexibility index (Phi) is 3.14. The fraction of sp³-hybridized carbons (Fsp3) is 0.364. The normalized spacial score (nSPS) is 12.4. The molecule has 84 valence electrons. The van der Waals surface area contributed by atoms with Gasteiger partial charge in [-0.15, -0.1) is 0 Å². The van der Waals surface area contributed by atoms with Crippen LogP contribution in [0.4, 0.5) is 5.95 Å². The van der Waals surface area contributed by atoms with Gasteiger partial charge in [0.05, 0.1) is 5.69 Å². The molecule has 2 aromatic rings. The number of rotatable bonds is 4. The van der Waals surface area contributed by atoms with E-state index in [0.717, 1.165) is 12.1 Å². The van der Waals surface area contributed by atoms with Gasteiger partial charge < -0.3 is 5.32 Å². The number of benzene rings is 1. The van der Waals surface area contributed by atoms with Crippen molar-refractivity contribution in [1.82, 2.24) is 20.2 Å². The number of anilines is 1. The van der Waals surface area contributed by atoms with Crippen LogP contribution >= 0.6 is 0 Å². The minimum Gasteiger partial charge on any atom is -0.350 e. The molecule has 5 nitrogen and oxygen atoms in total. The minimum atomic E-state index is 0.355. The Balaban J connectivity index is 2.26. The molecule has 0 aliphatic carbocycles. The standard InChI is InChI=1S/C11H15N5/c1-3-9(2)12-11-13-14-15-16(11)10-7-5-4-6-8-10/h4-9H,3H2,1-2H3,(H,12,13,15). The molecule has 0 saturated heterocycles. The number of para-hydroxylation sites is 1. The first-order valence-electron chi connectivity index (χ1n) is 5.41. The number of nitrogens with one attached hydrogen (secondary N) is 1. The van der Waals surface area contributed by atoms with E-state index in [4.69, 9.17) is 0 Å². The highest BCUT2D eigenvalue weighted by atomic mass is 15.6. The molecular weight excluding hydrogens is 202 g/mol. The van der Waals surface area contributed by atoms with E-state index in [0.29, 0.717) is 12.0 Å². The van der Waals surface area contributed by atoms with E-state index < -0.39 is 0 Å². The second kappa shape index (κ2) is 4.74. The maximum atomic E-state index is 3.97. The fourth-order valence-electron chi connectivity index (χ4n) is 1.34. The van der Waals surface area contributed by atoms with Crippen molar-refractivity contribution in [2.75, 3.05) is 5.32 Å². The molecule has 16 heavy (non-hydrogen) atoms. The molecule has 0 aliphatic rings. The summed E-state index contributed by atoms with van der Waals surface area (Å²) in [5, 5.41) is 14.9. The van der Waals surface area contributed by atoms with Gasteiger partial charge in [-0.05, 0) is 35.9 Å². The monoisotopic (exact) mass is 217 g/mol. The van der Waals surface area contributed by atoms with Crippen molar-refractivity contribution in [3.63, 3.8) is 0 Å². The van der Waals surface area contributed by atoms with Crippen molar-refractivity contribution in [3.05, 3.63) is 30.3 Å². The first kappa shape index (κ1) is 10.6. The largest absolute Gasteiger partial charge is 0.350 e. The molecule has 1 unspecified atom stereocenters. The Labute approximate surface area is 94.5 Å². The lowest BCUT2D eigenvalue weighted by Gasteiger charge is -2.11. The first-order valence-corrected chi connectivity index (χ1v) is 5.41. The van der Waals surface area contributed by atoms with E-state index >= 15 is 0 Å². The molecule has 1 aromatic carbocycles. The predicted molar refractivity (Wildman–Crippen MR) is 62.5 cm³/mol. The molecule has 0 fully saturated rings. The van der Waals surface area contributed by atoms with Crippen molar-refractivity contribution in [3.8, 4) is 5.69 Å². The van der Waals surface area contributed by atoms with Crippen LogP contribution in [0, 0.1) is 0 Å². The van der Waals surface area contributed by atoms with E-state index in [9.17, 15) is 0 Å². The topological polar surface area (TPSA) is 55.6 Å². The molecule has 1 aromatic heterocycles. The number of hydrogen-bond donors (Lipinski definition) is 1.